The van der Waals surface area contributed by atoms with Crippen LogP contribution in [0.4, 0.5) is 16.3 Å². The number of aromatic nitrogens is 2. The first kappa shape index (κ1) is 45.7. The van der Waals surface area contributed by atoms with Crippen molar-refractivity contribution in [1.82, 2.24) is 14.2 Å². The normalized spacial score (nSPS) is 18.1. The van der Waals surface area contributed by atoms with E-state index in [1.165, 1.54) is 16.8 Å². The Balaban J connectivity index is 1.53. The van der Waals surface area contributed by atoms with Crippen molar-refractivity contribution in [2.75, 3.05) is 38.0 Å². The Bertz CT molecular complexity index is 2270. The fourth-order valence-electron chi connectivity index (χ4n) is 8.12. The fraction of sp³-hybridized carbons (Fsp3) is 0.348. The summed E-state index contributed by atoms with van der Waals surface area (Å²) in [5.41, 5.74) is 6.52. The number of hydrogen-bond donors (Lipinski definition) is 3. The molecule has 0 spiro atoms. The van der Waals surface area contributed by atoms with Gasteiger partial charge in [0.15, 0.2) is 0 Å². The Morgan fingerprint density at radius 3 is 1.95 bits per heavy atom. The standard InChI is InChI=1S/C46H55N6O9P/c1-31(2)52(32(3)4)62(55,29-13-27-47)61-41-39(59-43(51-28-26-40(48)50-44(51)53)42(41)60-45(54)49-36-16-11-8-12-17-36)30-58-46(33-14-9-7-10-15-33,34-18-22-37(56-5)23-19-34)35-20-24-38(57-6)25-21-35/h7-12,14-26,28,31-32,39,41-43,55,62H,13,29-30H2,1-6H3,(H,49,54)(H2,48,50,53)/t39-,41-,42-,43-/m1/s1. The summed E-state index contributed by atoms with van der Waals surface area (Å²) in [4.78, 5) is 44.3. The van der Waals surface area contributed by atoms with Crippen molar-refractivity contribution in [3.8, 4) is 17.6 Å². The molecule has 4 atom stereocenters. The molecule has 1 aliphatic heterocycles. The van der Waals surface area contributed by atoms with Gasteiger partial charge in [-0.25, -0.2) is 0 Å². The number of nitriles is 1. The summed E-state index contributed by atoms with van der Waals surface area (Å²) in [6, 6.07) is 36.5. The summed E-state index contributed by atoms with van der Waals surface area (Å²) >= 11 is 0. The molecule has 1 aliphatic rings. The van der Waals surface area contributed by atoms with Gasteiger partial charge in [0.05, 0.1) is 0 Å². The summed E-state index contributed by atoms with van der Waals surface area (Å²) in [6.07, 6.45) is -4.63. The van der Waals surface area contributed by atoms with Crippen molar-refractivity contribution in [2.24, 2.45) is 0 Å². The first-order valence-corrected chi connectivity index (χ1v) is 22.4. The van der Waals surface area contributed by atoms with Gasteiger partial charge in [0.25, 0.3) is 0 Å². The van der Waals surface area contributed by atoms with E-state index in [1.54, 1.807) is 38.5 Å². The van der Waals surface area contributed by atoms with Crippen LogP contribution in [0.25, 0.3) is 0 Å². The zero-order valence-electron chi connectivity index (χ0n) is 35.7. The number of methoxy groups -OCH3 is 2. The number of nitrogens with zero attached hydrogens (tertiary/aromatic N) is 4. The number of anilines is 2. The zero-order valence-corrected chi connectivity index (χ0v) is 36.7. The number of nitrogens with one attached hydrogen (secondary N) is 1. The van der Waals surface area contributed by atoms with E-state index in [0.717, 1.165) is 16.7 Å². The molecular formula is C46H55N6O9P. The molecule has 4 aromatic carbocycles. The Morgan fingerprint density at radius 2 is 1.44 bits per heavy atom. The number of ether oxygens (including phenoxy) is 5. The molecule has 0 radical (unpaired) electrons. The minimum absolute atomic E-state index is 0.00738. The molecule has 0 saturated carbocycles. The van der Waals surface area contributed by atoms with Gasteiger partial charge in [-0.2, -0.15) is 0 Å². The molecule has 15 nitrogen and oxygen atoms in total. The van der Waals surface area contributed by atoms with E-state index in [-0.39, 0.29) is 37.1 Å². The minimum atomic E-state index is -4.13. The Kier molecular flexibility index (Phi) is 15.0. The number of carbonyl (C=O) groups is 1. The van der Waals surface area contributed by atoms with Crippen LogP contribution in [0, 0.1) is 11.3 Å². The molecule has 0 bridgehead atoms. The molecule has 1 aromatic heterocycles. The van der Waals surface area contributed by atoms with Crippen LogP contribution in [-0.2, 0) is 24.3 Å². The molecule has 0 aliphatic carbocycles. The van der Waals surface area contributed by atoms with Gasteiger partial charge in [-0.3, -0.25) is 0 Å². The molecule has 0 unspecified atom stereocenters. The average Bonchev–Trinajstić information content (AvgIpc) is 3.58. The Labute approximate surface area is 362 Å². The maximum absolute atomic E-state index is 13.9. The van der Waals surface area contributed by atoms with Gasteiger partial charge in [-0.05, 0) is 0 Å². The third-order valence-corrected chi connectivity index (χ3v) is 14.1. The summed E-state index contributed by atoms with van der Waals surface area (Å²) in [6.45, 7) is 7.49. The van der Waals surface area contributed by atoms with Crippen LogP contribution in [0.3, 0.4) is 0 Å². The van der Waals surface area contributed by atoms with E-state index in [2.05, 4.69) is 16.4 Å². The number of amides is 1. The first-order chi connectivity index (χ1) is 29.8. The number of para-hydroxylation sites is 1. The van der Waals surface area contributed by atoms with Crippen LogP contribution in [0.2, 0.25) is 0 Å². The molecular weight excluding hydrogens is 812 g/mol. The number of nitrogens with two attached hydrogens (primary N) is 1. The summed E-state index contributed by atoms with van der Waals surface area (Å²) in [5, 5.41) is 12.6. The molecule has 4 N–H and O–H groups in total. The van der Waals surface area contributed by atoms with Gasteiger partial charge >= 0.3 is 363 Å². The fourth-order valence-corrected chi connectivity index (χ4v) is 11.4. The third-order valence-electron chi connectivity index (χ3n) is 10.7. The van der Waals surface area contributed by atoms with Gasteiger partial charge < -0.3 is 0 Å². The van der Waals surface area contributed by atoms with Gasteiger partial charge in [0.2, 0.25) is 0 Å². The van der Waals surface area contributed by atoms with Crippen molar-refractivity contribution < 1.29 is 37.9 Å². The Morgan fingerprint density at radius 1 is 0.887 bits per heavy atom. The van der Waals surface area contributed by atoms with Gasteiger partial charge in [-0.15, -0.1) is 0 Å². The number of hydrogen-bond acceptors (Lipinski definition) is 13. The summed E-state index contributed by atoms with van der Waals surface area (Å²) in [7, 11) is -0.944. The van der Waals surface area contributed by atoms with E-state index in [4.69, 9.17) is 33.9 Å². The van der Waals surface area contributed by atoms with Crippen LogP contribution in [0.5, 0.6) is 11.5 Å². The first-order valence-electron chi connectivity index (χ1n) is 20.4. The van der Waals surface area contributed by atoms with Crippen LogP contribution < -0.4 is 26.2 Å². The molecule has 1 saturated heterocycles. The zero-order chi connectivity index (χ0) is 44.4. The van der Waals surface area contributed by atoms with E-state index in [0.29, 0.717) is 17.2 Å². The number of benzene rings is 4. The maximum atomic E-state index is 13.9. The molecule has 62 heavy (non-hydrogen) atoms. The second kappa shape index (κ2) is 20.3. The molecule has 5 aromatic rings. The molecule has 16 heteroatoms. The van der Waals surface area contributed by atoms with Gasteiger partial charge in [0.1, 0.15) is 0 Å². The third kappa shape index (κ3) is 10.1. The number of nitrogen functional groups attached to an aromatic ring is 1. The second-order valence-corrected chi connectivity index (χ2v) is 18.1. The van der Waals surface area contributed by atoms with Crippen molar-refractivity contribution >= 4 is 25.5 Å². The molecule has 1 fully saturated rings. The summed E-state index contributed by atoms with van der Waals surface area (Å²) in [5.74, 6) is 1.25. The van der Waals surface area contributed by atoms with Crippen LogP contribution in [0.15, 0.2) is 126 Å². The van der Waals surface area contributed by atoms with Gasteiger partial charge in [0, 0.05) is 0 Å². The topological polar surface area (TPSA) is 193 Å². The number of carbonyl (C=O) groups excluding carboxylic acids is 1. The van der Waals surface area contributed by atoms with Crippen LogP contribution in [0.1, 0.15) is 57.0 Å². The van der Waals surface area contributed by atoms with Crippen molar-refractivity contribution in [2.45, 2.75) is 76.3 Å². The van der Waals surface area contributed by atoms with E-state index in [1.807, 2.05) is 117 Å². The van der Waals surface area contributed by atoms with E-state index >= 15 is 0 Å². The molecule has 2 heterocycles. The predicted molar refractivity (Wildman–Crippen MR) is 238 cm³/mol. The van der Waals surface area contributed by atoms with Gasteiger partial charge in [-0.1, -0.05) is 0 Å². The van der Waals surface area contributed by atoms with Crippen LogP contribution in [-0.4, -0.2) is 82.6 Å². The molecule has 328 valence electrons. The SMILES string of the molecule is COc1ccc(C(OC[C@H]2O[C@@H](n3ccc(N)nc3=O)[C@H](OC(=O)Nc3ccccc3)[C@@H]2O[PH](O)(CCC#N)N(C(C)C)C(C)C)(c2ccccc2)c2ccc(OC)cc2)cc1. The predicted octanol–water partition coefficient (Wildman–Crippen LogP) is 7.27. The van der Waals surface area contributed by atoms with Crippen LogP contribution >= 0.6 is 7.87 Å². The van der Waals surface area contributed by atoms with Crippen molar-refractivity contribution in [1.29, 1.82) is 5.26 Å². The molecule has 6 rings (SSSR count). The average molecular weight is 867 g/mol. The second-order valence-electron chi connectivity index (χ2n) is 15.4. The van der Waals surface area contributed by atoms with E-state index < -0.39 is 49.8 Å². The number of rotatable bonds is 18. The monoisotopic (exact) mass is 866 g/mol. The Hall–Kier alpha value is -5.85. The summed E-state index contributed by atoms with van der Waals surface area (Å²) < 4.78 is 41.4. The quantitative estimate of drug-likeness (QED) is 0.0589. The molecule has 1 amide bonds. The van der Waals surface area contributed by atoms with Crippen molar-refractivity contribution in [3.63, 3.8) is 0 Å². The van der Waals surface area contributed by atoms with Crippen molar-refractivity contribution in [3.05, 3.63) is 149 Å². The van der Waals surface area contributed by atoms with E-state index in [9.17, 15) is 19.7 Å².